The summed E-state index contributed by atoms with van der Waals surface area (Å²) in [6.45, 7) is 7.64. The van der Waals surface area contributed by atoms with Gasteiger partial charge in [-0.25, -0.2) is 8.42 Å². The van der Waals surface area contributed by atoms with Gasteiger partial charge in [-0.05, 0) is 26.7 Å². The second kappa shape index (κ2) is 6.27. The average molecular weight is 306 g/mol. The van der Waals surface area contributed by atoms with Gasteiger partial charge in [0.05, 0.1) is 10.9 Å². The van der Waals surface area contributed by atoms with Crippen LogP contribution >= 0.6 is 0 Å². The minimum atomic E-state index is -3.19. The third-order valence-corrected chi connectivity index (χ3v) is 6.29. The van der Waals surface area contributed by atoms with Crippen LogP contribution in [0.25, 0.3) is 0 Å². The molecule has 0 spiro atoms. The van der Waals surface area contributed by atoms with Crippen LogP contribution in [-0.2, 0) is 14.8 Å². The Labute approximate surface area is 121 Å². The maximum absolute atomic E-state index is 12.5. The van der Waals surface area contributed by atoms with Crippen LogP contribution < -0.4 is 0 Å². The molecular formula is C13H26N2O4S. The largest absolute Gasteiger partial charge is 0.389 e. The van der Waals surface area contributed by atoms with Crippen LogP contribution in [-0.4, -0.2) is 79.5 Å². The molecule has 2 aliphatic rings. The Hall–Kier alpha value is -0.210. The molecule has 118 valence electrons. The Kier molecular flexibility index (Phi) is 5.07. The molecule has 20 heavy (non-hydrogen) atoms. The van der Waals surface area contributed by atoms with Crippen LogP contribution in [0.15, 0.2) is 0 Å². The maximum Gasteiger partial charge on any atom is 0.217 e. The molecule has 0 aromatic heterocycles. The number of hydrogen-bond donors (Lipinski definition) is 1. The lowest BCUT2D eigenvalue weighted by Crippen LogP contribution is -2.54. The zero-order chi connectivity index (χ0) is 14.8. The van der Waals surface area contributed by atoms with Crippen LogP contribution in [0.4, 0.5) is 0 Å². The number of piperazine rings is 1. The number of rotatable bonds is 4. The van der Waals surface area contributed by atoms with Crippen molar-refractivity contribution in [3.05, 3.63) is 0 Å². The monoisotopic (exact) mass is 306 g/mol. The smallest absolute Gasteiger partial charge is 0.217 e. The van der Waals surface area contributed by atoms with Gasteiger partial charge >= 0.3 is 0 Å². The van der Waals surface area contributed by atoms with E-state index in [0.29, 0.717) is 58.8 Å². The van der Waals surface area contributed by atoms with E-state index in [-0.39, 0.29) is 5.25 Å². The van der Waals surface area contributed by atoms with E-state index in [1.807, 2.05) is 0 Å². The third kappa shape index (κ3) is 4.14. The summed E-state index contributed by atoms with van der Waals surface area (Å²) in [5, 5.41) is 9.53. The highest BCUT2D eigenvalue weighted by molar-refractivity contribution is 7.89. The molecule has 0 bridgehead atoms. The Balaban J connectivity index is 1.89. The fraction of sp³-hybridized carbons (Fsp3) is 1.00. The summed E-state index contributed by atoms with van der Waals surface area (Å²) in [6.07, 6.45) is 1.21. The third-order valence-electron chi connectivity index (χ3n) is 3.89. The van der Waals surface area contributed by atoms with Crippen LogP contribution in [0.3, 0.4) is 0 Å². The SMILES string of the molecule is CC(C)(O)CN1CCN(S(=O)(=O)C2CCOCC2)CC1. The van der Waals surface area contributed by atoms with Crippen LogP contribution in [0.2, 0.25) is 0 Å². The fourth-order valence-electron chi connectivity index (χ4n) is 2.87. The molecule has 0 aromatic carbocycles. The highest BCUT2D eigenvalue weighted by atomic mass is 32.2. The first-order chi connectivity index (χ1) is 9.29. The number of sulfonamides is 1. The zero-order valence-electron chi connectivity index (χ0n) is 12.4. The number of nitrogens with zero attached hydrogens (tertiary/aromatic N) is 2. The van der Waals surface area contributed by atoms with E-state index < -0.39 is 15.6 Å². The number of ether oxygens (including phenoxy) is 1. The van der Waals surface area contributed by atoms with E-state index in [2.05, 4.69) is 4.90 Å². The molecule has 0 amide bonds. The van der Waals surface area contributed by atoms with Gasteiger partial charge in [0.15, 0.2) is 0 Å². The molecule has 2 aliphatic heterocycles. The minimum Gasteiger partial charge on any atom is -0.389 e. The summed E-state index contributed by atoms with van der Waals surface area (Å²) in [5.41, 5.74) is -0.734. The van der Waals surface area contributed by atoms with E-state index in [4.69, 9.17) is 4.74 Å². The van der Waals surface area contributed by atoms with Crippen LogP contribution in [0.5, 0.6) is 0 Å². The van der Waals surface area contributed by atoms with E-state index in [1.54, 1.807) is 18.2 Å². The Morgan fingerprint density at radius 2 is 1.70 bits per heavy atom. The van der Waals surface area contributed by atoms with Crippen molar-refractivity contribution in [1.29, 1.82) is 0 Å². The van der Waals surface area contributed by atoms with Gasteiger partial charge in [-0.15, -0.1) is 0 Å². The lowest BCUT2D eigenvalue weighted by atomic mass is 10.1. The van der Waals surface area contributed by atoms with Crippen molar-refractivity contribution in [2.24, 2.45) is 0 Å². The first kappa shape index (κ1) is 16.2. The van der Waals surface area contributed by atoms with Gasteiger partial charge in [0.25, 0.3) is 0 Å². The summed E-state index contributed by atoms with van der Waals surface area (Å²) >= 11 is 0. The highest BCUT2D eigenvalue weighted by Crippen LogP contribution is 2.21. The standard InChI is InChI=1S/C13H26N2O4S/c1-13(2,16)11-14-5-7-15(8-6-14)20(17,18)12-3-9-19-10-4-12/h12,16H,3-11H2,1-2H3. The number of aliphatic hydroxyl groups is 1. The highest BCUT2D eigenvalue weighted by Gasteiger charge is 2.35. The normalized spacial score (nSPS) is 24.9. The molecule has 0 unspecified atom stereocenters. The minimum absolute atomic E-state index is 0.280. The molecule has 7 heteroatoms. The second-order valence-electron chi connectivity index (χ2n) is 6.34. The fourth-order valence-corrected chi connectivity index (χ4v) is 4.76. The van der Waals surface area contributed by atoms with Gasteiger partial charge in [-0.1, -0.05) is 0 Å². The lowest BCUT2D eigenvalue weighted by Gasteiger charge is -2.38. The summed E-state index contributed by atoms with van der Waals surface area (Å²) in [4.78, 5) is 2.12. The molecule has 0 aromatic rings. The quantitative estimate of drug-likeness (QED) is 0.784. The first-order valence-corrected chi connectivity index (χ1v) is 8.81. The molecule has 0 aliphatic carbocycles. The lowest BCUT2D eigenvalue weighted by molar-refractivity contribution is 0.0259. The predicted octanol–water partition coefficient (Wildman–Crippen LogP) is -0.116. The van der Waals surface area contributed by atoms with Gasteiger partial charge in [0.2, 0.25) is 10.0 Å². The van der Waals surface area contributed by atoms with E-state index in [1.165, 1.54) is 0 Å². The summed E-state index contributed by atoms with van der Waals surface area (Å²) in [6, 6.07) is 0. The summed E-state index contributed by atoms with van der Waals surface area (Å²) in [7, 11) is -3.19. The molecular weight excluding hydrogens is 280 g/mol. The van der Waals surface area contributed by atoms with Gasteiger partial charge in [-0.2, -0.15) is 4.31 Å². The molecule has 0 radical (unpaired) electrons. The van der Waals surface area contributed by atoms with Crippen molar-refractivity contribution in [3.63, 3.8) is 0 Å². The summed E-state index contributed by atoms with van der Waals surface area (Å²) in [5.74, 6) is 0. The van der Waals surface area contributed by atoms with Crippen molar-refractivity contribution in [2.75, 3.05) is 45.9 Å². The van der Waals surface area contributed by atoms with Crippen molar-refractivity contribution in [2.45, 2.75) is 37.5 Å². The first-order valence-electron chi connectivity index (χ1n) is 7.30. The molecule has 2 heterocycles. The molecule has 2 fully saturated rings. The van der Waals surface area contributed by atoms with Crippen molar-refractivity contribution in [1.82, 2.24) is 9.21 Å². The van der Waals surface area contributed by atoms with Gasteiger partial charge < -0.3 is 9.84 Å². The Morgan fingerprint density at radius 1 is 1.15 bits per heavy atom. The second-order valence-corrected chi connectivity index (χ2v) is 8.56. The van der Waals surface area contributed by atoms with Crippen LogP contribution in [0.1, 0.15) is 26.7 Å². The Morgan fingerprint density at radius 3 is 2.20 bits per heavy atom. The number of hydrogen-bond acceptors (Lipinski definition) is 5. The molecule has 1 N–H and O–H groups in total. The molecule has 2 saturated heterocycles. The predicted molar refractivity (Wildman–Crippen MR) is 77.1 cm³/mol. The number of β-amino-alcohol motifs (C(OH)–C–C–N with tert-alkyl or cyclic N) is 1. The van der Waals surface area contributed by atoms with Gasteiger partial charge in [0.1, 0.15) is 0 Å². The molecule has 6 nitrogen and oxygen atoms in total. The average Bonchev–Trinajstić information content (AvgIpc) is 2.38. The van der Waals surface area contributed by atoms with E-state index >= 15 is 0 Å². The zero-order valence-corrected chi connectivity index (χ0v) is 13.2. The molecule has 0 saturated carbocycles. The van der Waals surface area contributed by atoms with Gasteiger partial charge in [0, 0.05) is 45.9 Å². The van der Waals surface area contributed by atoms with E-state index in [0.717, 1.165) is 0 Å². The van der Waals surface area contributed by atoms with Crippen molar-refractivity contribution < 1.29 is 18.3 Å². The van der Waals surface area contributed by atoms with Gasteiger partial charge in [-0.3, -0.25) is 4.90 Å². The summed E-state index contributed by atoms with van der Waals surface area (Å²) < 4.78 is 31.9. The molecule has 2 rings (SSSR count). The molecule has 0 atom stereocenters. The van der Waals surface area contributed by atoms with Crippen LogP contribution in [0, 0.1) is 0 Å². The Bertz CT molecular complexity index is 405. The van der Waals surface area contributed by atoms with Crippen molar-refractivity contribution in [3.8, 4) is 0 Å². The van der Waals surface area contributed by atoms with E-state index in [9.17, 15) is 13.5 Å². The van der Waals surface area contributed by atoms with Crippen molar-refractivity contribution >= 4 is 10.0 Å². The topological polar surface area (TPSA) is 70.1 Å². The maximum atomic E-state index is 12.5.